The maximum absolute atomic E-state index is 12.5. The average molecular weight is 362 g/mol. The molecule has 1 aromatic carbocycles. The fourth-order valence-corrected chi connectivity index (χ4v) is 2.79. The molecule has 0 N–H and O–H groups in total. The van der Waals surface area contributed by atoms with E-state index in [-0.39, 0.29) is 30.2 Å². The van der Waals surface area contributed by atoms with E-state index in [1.807, 2.05) is 27.7 Å². The van der Waals surface area contributed by atoms with Crippen LogP contribution in [-0.2, 0) is 21.5 Å². The standard InChI is InChI=1S/C16H24ClNO4S/c1-6-12(4)18(16(19)11(2)3)10-13-9-14(17)7-8-15(13)22-23(5,20)21/h7-9,11-12H,6,10H2,1-5H3. The maximum Gasteiger partial charge on any atom is 0.306 e. The van der Waals surface area contributed by atoms with Crippen molar-refractivity contribution in [2.24, 2.45) is 5.92 Å². The number of hydrogen-bond acceptors (Lipinski definition) is 4. The van der Waals surface area contributed by atoms with E-state index in [0.717, 1.165) is 12.7 Å². The van der Waals surface area contributed by atoms with Crippen molar-refractivity contribution in [3.63, 3.8) is 0 Å². The highest BCUT2D eigenvalue weighted by Gasteiger charge is 2.23. The highest BCUT2D eigenvalue weighted by molar-refractivity contribution is 7.86. The quantitative estimate of drug-likeness (QED) is 0.697. The van der Waals surface area contributed by atoms with E-state index in [1.165, 1.54) is 6.07 Å². The molecule has 0 bridgehead atoms. The van der Waals surface area contributed by atoms with Crippen LogP contribution in [0.3, 0.4) is 0 Å². The number of hydrogen-bond donors (Lipinski definition) is 0. The Labute approximate surface area is 143 Å². The van der Waals surface area contributed by atoms with Crippen molar-refractivity contribution in [3.05, 3.63) is 28.8 Å². The fourth-order valence-electron chi connectivity index (χ4n) is 2.10. The summed E-state index contributed by atoms with van der Waals surface area (Å²) < 4.78 is 27.9. The van der Waals surface area contributed by atoms with Crippen molar-refractivity contribution in [1.82, 2.24) is 4.90 Å². The number of benzene rings is 1. The van der Waals surface area contributed by atoms with Gasteiger partial charge in [-0.3, -0.25) is 4.79 Å². The zero-order valence-electron chi connectivity index (χ0n) is 14.2. The fraction of sp³-hybridized carbons (Fsp3) is 0.562. The van der Waals surface area contributed by atoms with Gasteiger partial charge in [0.1, 0.15) is 5.75 Å². The first-order chi connectivity index (χ1) is 10.5. The van der Waals surface area contributed by atoms with Crippen LogP contribution in [0.25, 0.3) is 0 Å². The number of carbonyl (C=O) groups excluding carboxylic acids is 1. The minimum atomic E-state index is -3.66. The van der Waals surface area contributed by atoms with Gasteiger partial charge < -0.3 is 9.08 Å². The van der Waals surface area contributed by atoms with Crippen LogP contribution in [0.5, 0.6) is 5.75 Å². The normalized spacial score (nSPS) is 13.0. The van der Waals surface area contributed by atoms with Crippen molar-refractivity contribution in [2.45, 2.75) is 46.7 Å². The molecule has 0 aromatic heterocycles. The van der Waals surface area contributed by atoms with Crippen LogP contribution in [-0.4, -0.2) is 31.5 Å². The van der Waals surface area contributed by atoms with Crippen molar-refractivity contribution >= 4 is 27.6 Å². The predicted octanol–water partition coefficient (Wildman–Crippen LogP) is 3.46. The third kappa shape index (κ3) is 6.03. The number of halogens is 1. The third-order valence-corrected chi connectivity index (χ3v) is 4.22. The highest BCUT2D eigenvalue weighted by Crippen LogP contribution is 2.27. The average Bonchev–Trinajstić information content (AvgIpc) is 2.44. The molecule has 0 saturated carbocycles. The third-order valence-electron chi connectivity index (χ3n) is 3.50. The summed E-state index contributed by atoms with van der Waals surface area (Å²) >= 11 is 6.02. The van der Waals surface area contributed by atoms with E-state index in [1.54, 1.807) is 17.0 Å². The largest absolute Gasteiger partial charge is 0.382 e. The van der Waals surface area contributed by atoms with Gasteiger partial charge in [0.25, 0.3) is 0 Å². The zero-order chi connectivity index (χ0) is 17.8. The second-order valence-electron chi connectivity index (χ2n) is 5.92. The molecule has 0 saturated heterocycles. The van der Waals surface area contributed by atoms with Crippen molar-refractivity contribution in [3.8, 4) is 5.75 Å². The zero-order valence-corrected chi connectivity index (χ0v) is 15.7. The second-order valence-corrected chi connectivity index (χ2v) is 7.93. The molecule has 1 unspecified atom stereocenters. The van der Waals surface area contributed by atoms with Gasteiger partial charge in [0, 0.05) is 29.1 Å². The molecule has 130 valence electrons. The molecule has 5 nitrogen and oxygen atoms in total. The van der Waals surface area contributed by atoms with Crippen LogP contribution < -0.4 is 4.18 Å². The molecule has 0 fully saturated rings. The van der Waals surface area contributed by atoms with Crippen LogP contribution in [0.15, 0.2) is 18.2 Å². The molecular weight excluding hydrogens is 338 g/mol. The Kier molecular flexibility index (Phi) is 6.89. The molecule has 7 heteroatoms. The Morgan fingerprint density at radius 3 is 2.39 bits per heavy atom. The van der Waals surface area contributed by atoms with Crippen LogP contribution in [0.4, 0.5) is 0 Å². The lowest BCUT2D eigenvalue weighted by Gasteiger charge is -2.31. The summed E-state index contributed by atoms with van der Waals surface area (Å²) in [4.78, 5) is 14.2. The van der Waals surface area contributed by atoms with E-state index in [4.69, 9.17) is 15.8 Å². The highest BCUT2D eigenvalue weighted by atomic mass is 35.5. The van der Waals surface area contributed by atoms with Gasteiger partial charge >= 0.3 is 10.1 Å². The monoisotopic (exact) mass is 361 g/mol. The summed E-state index contributed by atoms with van der Waals surface area (Å²) in [7, 11) is -3.66. The summed E-state index contributed by atoms with van der Waals surface area (Å²) in [6, 6.07) is 4.72. The first kappa shape index (κ1) is 19.8. The van der Waals surface area contributed by atoms with Crippen LogP contribution >= 0.6 is 11.6 Å². The molecule has 0 aliphatic carbocycles. The van der Waals surface area contributed by atoms with E-state index in [0.29, 0.717) is 10.6 Å². The summed E-state index contributed by atoms with van der Waals surface area (Å²) in [5.74, 6) is 0.0499. The lowest BCUT2D eigenvalue weighted by Crippen LogP contribution is -2.40. The van der Waals surface area contributed by atoms with Crippen LogP contribution in [0, 0.1) is 5.92 Å². The Morgan fingerprint density at radius 2 is 1.91 bits per heavy atom. The van der Waals surface area contributed by atoms with Gasteiger partial charge in [-0.25, -0.2) is 0 Å². The molecule has 1 aromatic rings. The van der Waals surface area contributed by atoms with E-state index < -0.39 is 10.1 Å². The van der Waals surface area contributed by atoms with Crippen LogP contribution in [0.2, 0.25) is 5.02 Å². The molecular formula is C16H24ClNO4S. The minimum Gasteiger partial charge on any atom is -0.382 e. The SMILES string of the molecule is CCC(C)N(Cc1cc(Cl)ccc1OS(C)(=O)=O)C(=O)C(C)C. The smallest absolute Gasteiger partial charge is 0.306 e. The summed E-state index contributed by atoms with van der Waals surface area (Å²) in [5.41, 5.74) is 0.567. The van der Waals surface area contributed by atoms with Gasteiger partial charge in [-0.05, 0) is 31.5 Å². The maximum atomic E-state index is 12.5. The lowest BCUT2D eigenvalue weighted by molar-refractivity contribution is -0.137. The number of carbonyl (C=O) groups is 1. The molecule has 0 aliphatic rings. The molecule has 1 rings (SSSR count). The summed E-state index contributed by atoms with van der Waals surface area (Å²) in [6.45, 7) is 7.88. The summed E-state index contributed by atoms with van der Waals surface area (Å²) in [5, 5.41) is 0.460. The van der Waals surface area contributed by atoms with Gasteiger partial charge in [-0.1, -0.05) is 32.4 Å². The molecule has 0 radical (unpaired) electrons. The van der Waals surface area contributed by atoms with Gasteiger partial charge in [0.05, 0.1) is 6.26 Å². The Morgan fingerprint density at radius 1 is 1.30 bits per heavy atom. The van der Waals surface area contributed by atoms with Gasteiger partial charge in [0.15, 0.2) is 0 Å². The van der Waals surface area contributed by atoms with E-state index in [9.17, 15) is 13.2 Å². The number of rotatable bonds is 7. The van der Waals surface area contributed by atoms with Crippen molar-refractivity contribution in [1.29, 1.82) is 0 Å². The first-order valence-electron chi connectivity index (χ1n) is 7.53. The van der Waals surface area contributed by atoms with Gasteiger partial charge in [0.2, 0.25) is 5.91 Å². The molecule has 1 amide bonds. The molecule has 0 spiro atoms. The lowest BCUT2D eigenvalue weighted by atomic mass is 10.1. The Balaban J connectivity index is 3.21. The van der Waals surface area contributed by atoms with Gasteiger partial charge in [-0.2, -0.15) is 8.42 Å². The topological polar surface area (TPSA) is 63.7 Å². The van der Waals surface area contributed by atoms with Crippen LogP contribution in [0.1, 0.15) is 39.7 Å². The molecule has 23 heavy (non-hydrogen) atoms. The number of nitrogens with zero attached hydrogens (tertiary/aromatic N) is 1. The van der Waals surface area contributed by atoms with Crippen molar-refractivity contribution < 1.29 is 17.4 Å². The number of amides is 1. The van der Waals surface area contributed by atoms with E-state index >= 15 is 0 Å². The molecule has 0 heterocycles. The Bertz CT molecular complexity index is 658. The summed E-state index contributed by atoms with van der Waals surface area (Å²) in [6.07, 6.45) is 1.78. The van der Waals surface area contributed by atoms with Gasteiger partial charge in [-0.15, -0.1) is 0 Å². The Hall–Kier alpha value is -1.27. The molecule has 0 aliphatic heterocycles. The first-order valence-corrected chi connectivity index (χ1v) is 9.73. The van der Waals surface area contributed by atoms with E-state index in [2.05, 4.69) is 0 Å². The minimum absolute atomic E-state index is 0.00429. The van der Waals surface area contributed by atoms with Crippen molar-refractivity contribution in [2.75, 3.05) is 6.26 Å². The molecule has 1 atom stereocenters. The predicted molar refractivity (Wildman–Crippen MR) is 92.1 cm³/mol. The second kappa shape index (κ2) is 8.02.